The van der Waals surface area contributed by atoms with Crippen molar-refractivity contribution in [1.82, 2.24) is 4.98 Å². The summed E-state index contributed by atoms with van der Waals surface area (Å²) in [6.07, 6.45) is 2.26. The van der Waals surface area contributed by atoms with E-state index in [9.17, 15) is 9.59 Å². The second kappa shape index (κ2) is 7.64. The second-order valence-electron chi connectivity index (χ2n) is 2.45. The first-order valence-electron chi connectivity index (χ1n) is 4.18. The second-order valence-corrected chi connectivity index (χ2v) is 2.45. The molecule has 1 aromatic rings. The largest absolute Gasteiger partial charge is 0.469 e. The Bertz CT molecular complexity index is 308. The molecule has 1 N–H and O–H groups in total. The van der Waals surface area contributed by atoms with E-state index in [2.05, 4.69) is 9.72 Å². The lowest BCUT2D eigenvalue weighted by Gasteiger charge is -1.98. The van der Waals surface area contributed by atoms with E-state index in [0.717, 1.165) is 7.11 Å². The monoisotopic (exact) mass is 211 g/mol. The fraction of sp³-hybridized carbons (Fsp3) is 0.300. The van der Waals surface area contributed by atoms with Gasteiger partial charge >= 0.3 is 5.97 Å². The molecule has 1 aromatic heterocycles. The molecule has 5 nitrogen and oxygen atoms in total. The number of aliphatic hydroxyl groups excluding tert-OH is 1. The molecule has 0 saturated heterocycles. The van der Waals surface area contributed by atoms with Crippen LogP contribution in [0.4, 0.5) is 0 Å². The summed E-state index contributed by atoms with van der Waals surface area (Å²) >= 11 is 0. The molecule has 15 heavy (non-hydrogen) atoms. The van der Waals surface area contributed by atoms with Crippen LogP contribution in [0.5, 0.6) is 0 Å². The zero-order valence-corrected chi connectivity index (χ0v) is 8.64. The number of carbonyl (C=O) groups excluding carboxylic acids is 2. The predicted octanol–water partition coefficient (Wildman–Crippen LogP) is 0.218. The highest BCUT2D eigenvalue weighted by molar-refractivity contribution is 5.75. The van der Waals surface area contributed by atoms with Crippen LogP contribution in [0, 0.1) is 0 Å². The molecular weight excluding hydrogens is 198 g/mol. The molecule has 0 radical (unpaired) electrons. The lowest BCUT2D eigenvalue weighted by Crippen LogP contribution is -2.05. The van der Waals surface area contributed by atoms with Crippen LogP contribution in [0.1, 0.15) is 16.1 Å². The predicted molar refractivity (Wildman–Crippen MR) is 53.5 cm³/mol. The maximum Gasteiger partial charge on any atom is 0.311 e. The molecule has 0 unspecified atom stereocenters. The van der Waals surface area contributed by atoms with Crippen molar-refractivity contribution in [3.8, 4) is 0 Å². The number of methoxy groups -OCH3 is 1. The van der Waals surface area contributed by atoms with E-state index in [0.29, 0.717) is 17.5 Å². The lowest BCUT2D eigenvalue weighted by molar-refractivity contribution is -0.139. The van der Waals surface area contributed by atoms with Gasteiger partial charge in [-0.1, -0.05) is 0 Å². The van der Waals surface area contributed by atoms with E-state index in [-0.39, 0.29) is 12.4 Å². The molecule has 0 aromatic carbocycles. The Morgan fingerprint density at radius 3 is 2.60 bits per heavy atom. The van der Waals surface area contributed by atoms with Crippen LogP contribution in [0.2, 0.25) is 0 Å². The minimum atomic E-state index is -0.341. The molecule has 0 aliphatic heterocycles. The van der Waals surface area contributed by atoms with Gasteiger partial charge in [-0.3, -0.25) is 14.6 Å². The van der Waals surface area contributed by atoms with Gasteiger partial charge in [0.2, 0.25) is 0 Å². The van der Waals surface area contributed by atoms with Gasteiger partial charge in [0.05, 0.1) is 19.2 Å². The van der Waals surface area contributed by atoms with Crippen molar-refractivity contribution < 1.29 is 19.4 Å². The third-order valence-electron chi connectivity index (χ3n) is 1.54. The molecule has 1 rings (SSSR count). The number of rotatable bonds is 3. The highest BCUT2D eigenvalue weighted by Gasteiger charge is 2.03. The molecule has 0 aliphatic carbocycles. The maximum atomic E-state index is 10.8. The van der Waals surface area contributed by atoms with Crippen molar-refractivity contribution in [2.75, 3.05) is 14.2 Å². The molecule has 0 saturated carbocycles. The van der Waals surface area contributed by atoms with Crippen molar-refractivity contribution in [2.24, 2.45) is 0 Å². The molecule has 0 amide bonds. The summed E-state index contributed by atoms with van der Waals surface area (Å²) in [4.78, 5) is 25.0. The lowest BCUT2D eigenvalue weighted by atomic mass is 10.2. The van der Waals surface area contributed by atoms with E-state index in [1.54, 1.807) is 12.1 Å². The van der Waals surface area contributed by atoms with Crippen LogP contribution in [0.3, 0.4) is 0 Å². The summed E-state index contributed by atoms with van der Waals surface area (Å²) in [6, 6.07) is 3.24. The van der Waals surface area contributed by atoms with Crippen molar-refractivity contribution in [3.05, 3.63) is 29.6 Å². The Kier molecular flexibility index (Phi) is 6.74. The summed E-state index contributed by atoms with van der Waals surface area (Å²) < 4.78 is 4.46. The minimum Gasteiger partial charge on any atom is -0.469 e. The number of hydrogen-bond donors (Lipinski definition) is 1. The molecule has 0 atom stereocenters. The zero-order valence-electron chi connectivity index (χ0n) is 8.64. The van der Waals surface area contributed by atoms with Crippen molar-refractivity contribution in [2.45, 2.75) is 6.42 Å². The normalized spacial score (nSPS) is 8.47. The molecule has 0 bridgehead atoms. The van der Waals surface area contributed by atoms with Gasteiger partial charge in [-0.2, -0.15) is 0 Å². The van der Waals surface area contributed by atoms with E-state index >= 15 is 0 Å². The molecule has 82 valence electrons. The molecule has 0 aliphatic rings. The smallest absolute Gasteiger partial charge is 0.311 e. The van der Waals surface area contributed by atoms with Crippen molar-refractivity contribution >= 4 is 12.3 Å². The SMILES string of the molecule is CO.COC(=O)Cc1ccc(C=O)cn1. The highest BCUT2D eigenvalue weighted by atomic mass is 16.5. The summed E-state index contributed by atoms with van der Waals surface area (Å²) in [6.45, 7) is 0. The first kappa shape index (κ1) is 13.2. The van der Waals surface area contributed by atoms with Gasteiger partial charge in [-0.15, -0.1) is 0 Å². The summed E-state index contributed by atoms with van der Waals surface area (Å²) in [5.41, 5.74) is 1.09. The number of nitrogens with zero attached hydrogens (tertiary/aromatic N) is 1. The van der Waals surface area contributed by atoms with Crippen LogP contribution in [0.15, 0.2) is 18.3 Å². The average Bonchev–Trinajstić information content (AvgIpc) is 2.32. The molecule has 0 spiro atoms. The molecule has 1 heterocycles. The topological polar surface area (TPSA) is 76.5 Å². The molecule has 5 heteroatoms. The van der Waals surface area contributed by atoms with Gasteiger partial charge in [0.25, 0.3) is 0 Å². The zero-order chi connectivity index (χ0) is 11.7. The number of hydrogen-bond acceptors (Lipinski definition) is 5. The van der Waals surface area contributed by atoms with E-state index in [1.165, 1.54) is 13.3 Å². The van der Waals surface area contributed by atoms with E-state index in [4.69, 9.17) is 5.11 Å². The molecular formula is C10H13NO4. The minimum absolute atomic E-state index is 0.135. The number of esters is 1. The summed E-state index contributed by atoms with van der Waals surface area (Å²) in [5.74, 6) is -0.341. The van der Waals surface area contributed by atoms with Gasteiger partial charge in [-0.25, -0.2) is 0 Å². The van der Waals surface area contributed by atoms with E-state index < -0.39 is 0 Å². The molecule has 0 fully saturated rings. The van der Waals surface area contributed by atoms with E-state index in [1.807, 2.05) is 0 Å². The Labute approximate surface area is 87.7 Å². The summed E-state index contributed by atoms with van der Waals surface area (Å²) in [7, 11) is 2.32. The Morgan fingerprint density at radius 2 is 2.20 bits per heavy atom. The average molecular weight is 211 g/mol. The number of carbonyl (C=O) groups is 2. The quantitative estimate of drug-likeness (QED) is 0.571. The number of aldehydes is 1. The maximum absolute atomic E-state index is 10.8. The van der Waals surface area contributed by atoms with Gasteiger partial charge in [0, 0.05) is 18.9 Å². The van der Waals surface area contributed by atoms with Gasteiger partial charge in [0.1, 0.15) is 0 Å². The highest BCUT2D eigenvalue weighted by Crippen LogP contribution is 1.99. The van der Waals surface area contributed by atoms with Crippen LogP contribution < -0.4 is 0 Å². The van der Waals surface area contributed by atoms with Crippen LogP contribution >= 0.6 is 0 Å². The van der Waals surface area contributed by atoms with Crippen LogP contribution in [-0.4, -0.2) is 36.6 Å². The number of aliphatic hydroxyl groups is 1. The number of ether oxygens (including phenoxy) is 1. The van der Waals surface area contributed by atoms with Crippen LogP contribution in [-0.2, 0) is 16.0 Å². The van der Waals surface area contributed by atoms with Crippen molar-refractivity contribution in [3.63, 3.8) is 0 Å². The third kappa shape index (κ3) is 4.87. The fourth-order valence-corrected chi connectivity index (χ4v) is 0.830. The van der Waals surface area contributed by atoms with Crippen molar-refractivity contribution in [1.29, 1.82) is 0 Å². The first-order chi connectivity index (χ1) is 7.26. The number of aromatic nitrogens is 1. The van der Waals surface area contributed by atoms with Gasteiger partial charge < -0.3 is 9.84 Å². The number of pyridine rings is 1. The van der Waals surface area contributed by atoms with Gasteiger partial charge in [0.15, 0.2) is 6.29 Å². The third-order valence-corrected chi connectivity index (χ3v) is 1.54. The summed E-state index contributed by atoms with van der Waals surface area (Å²) in [5, 5.41) is 7.00. The first-order valence-corrected chi connectivity index (χ1v) is 4.18. The van der Waals surface area contributed by atoms with Crippen LogP contribution in [0.25, 0.3) is 0 Å². The standard InChI is InChI=1S/C9H9NO3.CH4O/c1-13-9(12)4-8-3-2-7(6-11)5-10-8;1-2/h2-3,5-6H,4H2,1H3;2H,1H3. The Morgan fingerprint density at radius 1 is 1.53 bits per heavy atom. The fourth-order valence-electron chi connectivity index (χ4n) is 0.830. The Hall–Kier alpha value is -1.75. The Balaban J connectivity index is 0.000000921. The van der Waals surface area contributed by atoms with Gasteiger partial charge in [-0.05, 0) is 12.1 Å².